The second-order valence-electron chi connectivity index (χ2n) is 2.80. The Labute approximate surface area is 92.8 Å². The SMILES string of the molecule is COCc1c(F)c(F)c(CO)c(Br)c1F. The van der Waals surface area contributed by atoms with Crippen molar-refractivity contribution in [2.45, 2.75) is 13.2 Å². The van der Waals surface area contributed by atoms with Crippen molar-refractivity contribution in [2.24, 2.45) is 0 Å². The van der Waals surface area contributed by atoms with Crippen molar-refractivity contribution in [1.82, 2.24) is 0 Å². The number of hydrogen-bond acceptors (Lipinski definition) is 2. The van der Waals surface area contributed by atoms with Gasteiger partial charge in [-0.1, -0.05) is 0 Å². The van der Waals surface area contributed by atoms with Crippen LogP contribution in [0.2, 0.25) is 0 Å². The van der Waals surface area contributed by atoms with Gasteiger partial charge < -0.3 is 9.84 Å². The second kappa shape index (κ2) is 4.96. The number of ether oxygens (including phenoxy) is 1. The fourth-order valence-corrected chi connectivity index (χ4v) is 1.67. The van der Waals surface area contributed by atoms with E-state index in [0.717, 1.165) is 0 Å². The summed E-state index contributed by atoms with van der Waals surface area (Å²) < 4.78 is 44.2. The van der Waals surface area contributed by atoms with E-state index in [1.54, 1.807) is 0 Å². The van der Waals surface area contributed by atoms with Gasteiger partial charge in [-0.3, -0.25) is 0 Å². The van der Waals surface area contributed by atoms with Crippen LogP contribution in [0.25, 0.3) is 0 Å². The molecule has 0 spiro atoms. The lowest BCUT2D eigenvalue weighted by molar-refractivity contribution is 0.175. The van der Waals surface area contributed by atoms with Crippen molar-refractivity contribution in [1.29, 1.82) is 0 Å². The smallest absolute Gasteiger partial charge is 0.167 e. The average Bonchev–Trinajstić information content (AvgIpc) is 2.23. The van der Waals surface area contributed by atoms with Crippen LogP contribution in [-0.2, 0) is 18.0 Å². The molecule has 0 aliphatic rings. The number of benzene rings is 1. The van der Waals surface area contributed by atoms with Crippen LogP contribution in [-0.4, -0.2) is 12.2 Å². The summed E-state index contributed by atoms with van der Waals surface area (Å²) >= 11 is 2.75. The summed E-state index contributed by atoms with van der Waals surface area (Å²) in [7, 11) is 1.24. The first kappa shape index (κ1) is 12.5. The van der Waals surface area contributed by atoms with E-state index in [2.05, 4.69) is 20.7 Å². The van der Waals surface area contributed by atoms with Crippen LogP contribution in [0.4, 0.5) is 13.2 Å². The zero-order valence-corrected chi connectivity index (χ0v) is 9.37. The number of aliphatic hydroxyl groups is 1. The van der Waals surface area contributed by atoms with E-state index in [0.29, 0.717) is 0 Å². The lowest BCUT2D eigenvalue weighted by Gasteiger charge is -2.10. The lowest BCUT2D eigenvalue weighted by Crippen LogP contribution is -2.06. The first-order valence-corrected chi connectivity index (χ1v) is 4.77. The quantitative estimate of drug-likeness (QED) is 0.865. The standard InChI is InChI=1S/C9H8BrF3O2/c1-15-3-5-7(11)6(10)4(2-14)8(12)9(5)13/h14H,2-3H2,1H3. The Morgan fingerprint density at radius 2 is 1.67 bits per heavy atom. The molecule has 1 aromatic rings. The number of hydrogen-bond donors (Lipinski definition) is 1. The molecular weight excluding hydrogens is 277 g/mol. The summed E-state index contributed by atoms with van der Waals surface area (Å²) in [6, 6.07) is 0. The highest BCUT2D eigenvalue weighted by molar-refractivity contribution is 9.10. The molecule has 0 radical (unpaired) electrons. The molecule has 1 rings (SSSR count). The van der Waals surface area contributed by atoms with Gasteiger partial charge in [0, 0.05) is 12.7 Å². The number of halogens is 4. The fraction of sp³-hybridized carbons (Fsp3) is 0.333. The van der Waals surface area contributed by atoms with Crippen molar-refractivity contribution in [3.63, 3.8) is 0 Å². The van der Waals surface area contributed by atoms with Crippen molar-refractivity contribution in [3.8, 4) is 0 Å². The van der Waals surface area contributed by atoms with Crippen LogP contribution in [0, 0.1) is 17.5 Å². The molecule has 0 bridgehead atoms. The predicted octanol–water partition coefficient (Wildman–Crippen LogP) is 2.51. The van der Waals surface area contributed by atoms with Gasteiger partial charge in [-0.05, 0) is 15.9 Å². The van der Waals surface area contributed by atoms with Gasteiger partial charge in [0.25, 0.3) is 0 Å². The zero-order valence-electron chi connectivity index (χ0n) is 7.78. The Morgan fingerprint density at radius 3 is 2.13 bits per heavy atom. The van der Waals surface area contributed by atoms with Gasteiger partial charge in [-0.15, -0.1) is 0 Å². The van der Waals surface area contributed by atoms with Crippen LogP contribution in [0.1, 0.15) is 11.1 Å². The molecule has 0 aromatic heterocycles. The lowest BCUT2D eigenvalue weighted by atomic mass is 10.1. The fourth-order valence-electron chi connectivity index (χ4n) is 1.13. The monoisotopic (exact) mass is 284 g/mol. The normalized spacial score (nSPS) is 10.8. The minimum Gasteiger partial charge on any atom is -0.392 e. The maximum absolute atomic E-state index is 13.4. The van der Waals surface area contributed by atoms with E-state index in [4.69, 9.17) is 5.11 Å². The van der Waals surface area contributed by atoms with Gasteiger partial charge in [-0.25, -0.2) is 13.2 Å². The van der Waals surface area contributed by atoms with Crippen molar-refractivity contribution in [3.05, 3.63) is 33.1 Å². The highest BCUT2D eigenvalue weighted by Crippen LogP contribution is 2.29. The molecule has 0 fully saturated rings. The molecule has 0 saturated carbocycles. The molecule has 15 heavy (non-hydrogen) atoms. The van der Waals surface area contributed by atoms with Crippen molar-refractivity contribution < 1.29 is 23.0 Å². The molecule has 0 atom stereocenters. The summed E-state index contributed by atoms with van der Waals surface area (Å²) in [6.45, 7) is -1.16. The van der Waals surface area contributed by atoms with E-state index in [9.17, 15) is 13.2 Å². The number of methoxy groups -OCH3 is 1. The van der Waals surface area contributed by atoms with Gasteiger partial charge >= 0.3 is 0 Å². The molecule has 0 aliphatic carbocycles. The summed E-state index contributed by atoms with van der Waals surface area (Å²) in [6.07, 6.45) is 0. The number of aliphatic hydroxyl groups excluding tert-OH is 1. The topological polar surface area (TPSA) is 29.5 Å². The molecule has 0 aliphatic heterocycles. The molecule has 0 heterocycles. The van der Waals surface area contributed by atoms with Gasteiger partial charge in [-0.2, -0.15) is 0 Å². The van der Waals surface area contributed by atoms with Crippen LogP contribution in [0.5, 0.6) is 0 Å². The maximum Gasteiger partial charge on any atom is 0.167 e. The molecule has 1 N–H and O–H groups in total. The van der Waals surface area contributed by atoms with E-state index in [1.165, 1.54) is 7.11 Å². The highest BCUT2D eigenvalue weighted by Gasteiger charge is 2.22. The van der Waals surface area contributed by atoms with Crippen molar-refractivity contribution in [2.75, 3.05) is 7.11 Å². The molecule has 0 unspecified atom stereocenters. The van der Waals surface area contributed by atoms with Gasteiger partial charge in [0.2, 0.25) is 0 Å². The summed E-state index contributed by atoms with van der Waals surface area (Å²) in [4.78, 5) is 0. The third-order valence-electron chi connectivity index (χ3n) is 1.89. The molecule has 2 nitrogen and oxygen atoms in total. The Balaban J connectivity index is 3.44. The first-order chi connectivity index (χ1) is 7.04. The Kier molecular flexibility index (Phi) is 4.12. The predicted molar refractivity (Wildman–Crippen MR) is 50.7 cm³/mol. The molecule has 1 aromatic carbocycles. The summed E-state index contributed by atoms with van der Waals surface area (Å²) in [5, 5.41) is 8.73. The van der Waals surface area contributed by atoms with Crippen LogP contribution >= 0.6 is 15.9 Å². The van der Waals surface area contributed by atoms with Crippen LogP contribution < -0.4 is 0 Å². The van der Waals surface area contributed by atoms with Crippen molar-refractivity contribution >= 4 is 15.9 Å². The molecule has 0 amide bonds. The second-order valence-corrected chi connectivity index (χ2v) is 3.60. The third-order valence-corrected chi connectivity index (χ3v) is 2.72. The van der Waals surface area contributed by atoms with E-state index in [-0.39, 0.29) is 11.1 Å². The van der Waals surface area contributed by atoms with Gasteiger partial charge in [0.1, 0.15) is 5.82 Å². The Morgan fingerprint density at radius 1 is 1.13 bits per heavy atom. The molecule has 84 valence electrons. The minimum atomic E-state index is -1.33. The Hall–Kier alpha value is -0.590. The molecular formula is C9H8BrF3O2. The highest BCUT2D eigenvalue weighted by atomic mass is 79.9. The zero-order chi connectivity index (χ0) is 11.6. The van der Waals surface area contributed by atoms with E-state index < -0.39 is 35.2 Å². The van der Waals surface area contributed by atoms with Gasteiger partial charge in [0.05, 0.1) is 23.2 Å². The maximum atomic E-state index is 13.4. The van der Waals surface area contributed by atoms with Gasteiger partial charge in [0.15, 0.2) is 11.6 Å². The number of rotatable bonds is 3. The van der Waals surface area contributed by atoms with E-state index >= 15 is 0 Å². The Bertz CT molecular complexity index is 353. The van der Waals surface area contributed by atoms with Crippen LogP contribution in [0.15, 0.2) is 4.47 Å². The molecule has 0 saturated heterocycles. The summed E-state index contributed by atoms with van der Waals surface area (Å²) in [5.74, 6) is -3.56. The largest absolute Gasteiger partial charge is 0.392 e. The third kappa shape index (κ3) is 2.16. The summed E-state index contributed by atoms with van der Waals surface area (Å²) in [5.41, 5.74) is -0.941. The van der Waals surface area contributed by atoms with Crippen LogP contribution in [0.3, 0.4) is 0 Å². The minimum absolute atomic E-state index is 0.282. The van der Waals surface area contributed by atoms with E-state index in [1.807, 2.05) is 0 Å². The molecule has 6 heteroatoms. The average molecular weight is 285 g/mol. The first-order valence-electron chi connectivity index (χ1n) is 3.98.